The van der Waals surface area contributed by atoms with E-state index in [9.17, 15) is 5.11 Å². The molecule has 1 aromatic carbocycles. The van der Waals surface area contributed by atoms with Crippen LogP contribution < -0.4 is 4.90 Å². The summed E-state index contributed by atoms with van der Waals surface area (Å²) in [5.41, 5.74) is 0.841. The predicted octanol–water partition coefficient (Wildman–Crippen LogP) is 1.83. The lowest BCUT2D eigenvalue weighted by atomic mass is 10.1. The van der Waals surface area contributed by atoms with Crippen molar-refractivity contribution >= 4 is 16.6 Å². The molecule has 0 aliphatic rings. The van der Waals surface area contributed by atoms with Crippen LogP contribution in [0.4, 0.5) is 5.82 Å². The van der Waals surface area contributed by atoms with Crippen LogP contribution in [0.1, 0.15) is 5.56 Å². The lowest BCUT2D eigenvalue weighted by Crippen LogP contribution is -2.31. The molecule has 0 aliphatic carbocycles. The number of pyridine rings is 1. The van der Waals surface area contributed by atoms with E-state index in [0.29, 0.717) is 13.2 Å². The molecule has 0 atom stereocenters. The van der Waals surface area contributed by atoms with E-state index in [4.69, 9.17) is 9.47 Å². The third-order valence-electron chi connectivity index (χ3n) is 3.46. The van der Waals surface area contributed by atoms with Gasteiger partial charge in [0.15, 0.2) is 0 Å². The van der Waals surface area contributed by atoms with E-state index in [1.807, 2.05) is 24.3 Å². The van der Waals surface area contributed by atoms with Crippen molar-refractivity contribution in [1.82, 2.24) is 4.98 Å². The maximum absolute atomic E-state index is 9.45. The molecular weight excluding hydrogens is 268 g/mol. The van der Waals surface area contributed by atoms with Gasteiger partial charge in [0.05, 0.1) is 19.8 Å². The van der Waals surface area contributed by atoms with E-state index < -0.39 is 0 Å². The second kappa shape index (κ2) is 7.93. The Morgan fingerprint density at radius 2 is 1.67 bits per heavy atom. The first kappa shape index (κ1) is 15.7. The molecule has 2 aromatic rings. The second-order valence-corrected chi connectivity index (χ2v) is 4.78. The number of rotatable bonds is 8. The summed E-state index contributed by atoms with van der Waals surface area (Å²) in [4.78, 5) is 6.69. The topological polar surface area (TPSA) is 54.8 Å². The summed E-state index contributed by atoms with van der Waals surface area (Å²) in [6, 6.07) is 8.00. The average Bonchev–Trinajstić information content (AvgIpc) is 2.54. The summed E-state index contributed by atoms with van der Waals surface area (Å²) in [7, 11) is 3.38. The molecule has 0 saturated carbocycles. The van der Waals surface area contributed by atoms with Gasteiger partial charge in [0.2, 0.25) is 0 Å². The molecule has 0 bridgehead atoms. The van der Waals surface area contributed by atoms with Crippen molar-refractivity contribution in [2.24, 2.45) is 0 Å². The number of aliphatic hydroxyl groups is 1. The molecule has 1 heterocycles. The molecule has 0 aliphatic heterocycles. The Morgan fingerprint density at radius 1 is 1.05 bits per heavy atom. The highest BCUT2D eigenvalue weighted by Gasteiger charge is 2.13. The molecule has 0 radical (unpaired) electrons. The lowest BCUT2D eigenvalue weighted by molar-refractivity contribution is 0.190. The molecule has 114 valence electrons. The number of aliphatic hydroxyl groups excluding tert-OH is 1. The Balaban J connectivity index is 2.41. The monoisotopic (exact) mass is 290 g/mol. The van der Waals surface area contributed by atoms with E-state index in [0.717, 1.165) is 35.2 Å². The van der Waals surface area contributed by atoms with Crippen LogP contribution in [0, 0.1) is 0 Å². The quantitative estimate of drug-likeness (QED) is 0.804. The Morgan fingerprint density at radius 3 is 2.24 bits per heavy atom. The maximum Gasteiger partial charge on any atom is 0.136 e. The van der Waals surface area contributed by atoms with Crippen molar-refractivity contribution in [3.05, 3.63) is 36.0 Å². The summed E-state index contributed by atoms with van der Waals surface area (Å²) < 4.78 is 10.4. The number of anilines is 1. The van der Waals surface area contributed by atoms with Crippen LogP contribution in [0.25, 0.3) is 10.8 Å². The van der Waals surface area contributed by atoms with Crippen molar-refractivity contribution < 1.29 is 14.6 Å². The molecule has 5 nitrogen and oxygen atoms in total. The normalized spacial score (nSPS) is 11.0. The number of nitrogens with zero attached hydrogens (tertiary/aromatic N) is 2. The summed E-state index contributed by atoms with van der Waals surface area (Å²) >= 11 is 0. The van der Waals surface area contributed by atoms with Crippen molar-refractivity contribution in [2.75, 3.05) is 45.4 Å². The smallest absolute Gasteiger partial charge is 0.136 e. The molecule has 1 aromatic heterocycles. The first-order chi connectivity index (χ1) is 10.3. The molecule has 2 rings (SSSR count). The highest BCUT2D eigenvalue weighted by atomic mass is 16.5. The van der Waals surface area contributed by atoms with Crippen LogP contribution >= 0.6 is 0 Å². The molecule has 0 fully saturated rings. The number of benzene rings is 1. The Labute approximate surface area is 125 Å². The van der Waals surface area contributed by atoms with Crippen molar-refractivity contribution in [3.8, 4) is 0 Å². The number of hydrogen-bond donors (Lipinski definition) is 1. The van der Waals surface area contributed by atoms with Gasteiger partial charge in [-0.3, -0.25) is 0 Å². The molecule has 21 heavy (non-hydrogen) atoms. The molecular formula is C16H22N2O3. The van der Waals surface area contributed by atoms with Gasteiger partial charge >= 0.3 is 0 Å². The van der Waals surface area contributed by atoms with Crippen molar-refractivity contribution in [2.45, 2.75) is 6.61 Å². The molecule has 0 amide bonds. The van der Waals surface area contributed by atoms with E-state index in [-0.39, 0.29) is 6.61 Å². The minimum absolute atomic E-state index is 0.00998. The Hall–Kier alpha value is -1.69. The Bertz CT molecular complexity index is 566. The number of methoxy groups -OCH3 is 2. The number of ether oxygens (including phenoxy) is 2. The van der Waals surface area contributed by atoms with Crippen LogP contribution in [0.3, 0.4) is 0 Å². The highest BCUT2D eigenvalue weighted by molar-refractivity contribution is 5.94. The minimum atomic E-state index is -0.00998. The van der Waals surface area contributed by atoms with Crippen LogP contribution in [0.2, 0.25) is 0 Å². The van der Waals surface area contributed by atoms with Gasteiger partial charge in [0.1, 0.15) is 5.82 Å². The maximum atomic E-state index is 9.45. The zero-order valence-corrected chi connectivity index (χ0v) is 12.6. The Kier molecular flexibility index (Phi) is 5.92. The van der Waals surface area contributed by atoms with Crippen molar-refractivity contribution in [1.29, 1.82) is 0 Å². The van der Waals surface area contributed by atoms with Gasteiger partial charge in [-0.15, -0.1) is 0 Å². The number of hydrogen-bond acceptors (Lipinski definition) is 5. The molecule has 0 unspecified atom stereocenters. The predicted molar refractivity (Wildman–Crippen MR) is 83.6 cm³/mol. The van der Waals surface area contributed by atoms with Crippen molar-refractivity contribution in [3.63, 3.8) is 0 Å². The molecule has 5 heteroatoms. The second-order valence-electron chi connectivity index (χ2n) is 4.78. The van der Waals surface area contributed by atoms with E-state index in [1.54, 1.807) is 20.4 Å². The van der Waals surface area contributed by atoms with Crippen LogP contribution in [0.15, 0.2) is 30.5 Å². The van der Waals surface area contributed by atoms with E-state index in [1.165, 1.54) is 0 Å². The fourth-order valence-electron chi connectivity index (χ4n) is 2.34. The van der Waals surface area contributed by atoms with Gasteiger partial charge in [0.25, 0.3) is 0 Å². The van der Waals surface area contributed by atoms with Gasteiger partial charge in [-0.05, 0) is 5.39 Å². The number of fused-ring (bicyclic) bond motifs is 1. The van der Waals surface area contributed by atoms with Gasteiger partial charge < -0.3 is 19.5 Å². The third-order valence-corrected chi connectivity index (χ3v) is 3.46. The first-order valence-corrected chi connectivity index (χ1v) is 7.02. The summed E-state index contributed by atoms with van der Waals surface area (Å²) in [5, 5.41) is 11.5. The van der Waals surface area contributed by atoms with Crippen LogP contribution in [-0.4, -0.2) is 50.6 Å². The van der Waals surface area contributed by atoms with E-state index >= 15 is 0 Å². The van der Waals surface area contributed by atoms with Gasteiger partial charge in [-0.2, -0.15) is 0 Å². The third kappa shape index (κ3) is 3.69. The largest absolute Gasteiger partial charge is 0.392 e. The minimum Gasteiger partial charge on any atom is -0.392 e. The van der Waals surface area contributed by atoms with Crippen LogP contribution in [0.5, 0.6) is 0 Å². The molecule has 1 N–H and O–H groups in total. The molecule has 0 spiro atoms. The standard InChI is InChI=1S/C16H22N2O3/c1-20-9-7-18(8-10-21-2)16-15-6-4-3-5-14(15)13(12-19)11-17-16/h3-6,11,19H,7-10,12H2,1-2H3. The molecule has 0 saturated heterocycles. The zero-order chi connectivity index (χ0) is 15.1. The number of aromatic nitrogens is 1. The zero-order valence-electron chi connectivity index (χ0n) is 12.6. The SMILES string of the molecule is COCCN(CCOC)c1ncc(CO)c2ccccc12. The van der Waals surface area contributed by atoms with Gasteiger partial charge in [-0.25, -0.2) is 4.98 Å². The highest BCUT2D eigenvalue weighted by Crippen LogP contribution is 2.27. The summed E-state index contributed by atoms with van der Waals surface area (Å²) in [6.07, 6.45) is 1.74. The van der Waals surface area contributed by atoms with Crippen LogP contribution in [-0.2, 0) is 16.1 Å². The average molecular weight is 290 g/mol. The van der Waals surface area contributed by atoms with Gasteiger partial charge in [-0.1, -0.05) is 24.3 Å². The van der Waals surface area contributed by atoms with E-state index in [2.05, 4.69) is 9.88 Å². The fraction of sp³-hybridized carbons (Fsp3) is 0.438. The fourth-order valence-corrected chi connectivity index (χ4v) is 2.34. The summed E-state index contributed by atoms with van der Waals surface area (Å²) in [6.45, 7) is 2.73. The lowest BCUT2D eigenvalue weighted by Gasteiger charge is -2.25. The summed E-state index contributed by atoms with van der Waals surface area (Å²) in [5.74, 6) is 0.900. The first-order valence-electron chi connectivity index (χ1n) is 7.02. The van der Waals surface area contributed by atoms with Gasteiger partial charge in [0, 0.05) is 44.5 Å².